The van der Waals surface area contributed by atoms with Crippen LogP contribution in [0.4, 0.5) is 0 Å². The van der Waals surface area contributed by atoms with Crippen LogP contribution in [0.2, 0.25) is 0 Å². The van der Waals surface area contributed by atoms with Crippen molar-refractivity contribution in [3.63, 3.8) is 0 Å². The molecule has 0 spiro atoms. The van der Waals surface area contributed by atoms with E-state index in [1.54, 1.807) is 11.1 Å². The molecule has 0 bridgehead atoms. The highest BCUT2D eigenvalue weighted by atomic mass is 16.1. The summed E-state index contributed by atoms with van der Waals surface area (Å²) < 4.78 is 0. The molecule has 0 aliphatic heterocycles. The third-order valence-electron chi connectivity index (χ3n) is 4.09. The summed E-state index contributed by atoms with van der Waals surface area (Å²) in [7, 11) is 0. The van der Waals surface area contributed by atoms with Gasteiger partial charge in [0.25, 0.3) is 0 Å². The highest BCUT2D eigenvalue weighted by molar-refractivity contribution is 6.05. The number of hydrogen-bond donors (Lipinski definition) is 0. The quantitative estimate of drug-likeness (QED) is 0.716. The number of ketones is 2. The summed E-state index contributed by atoms with van der Waals surface area (Å²) in [5, 5.41) is 0. The highest BCUT2D eigenvalue weighted by Crippen LogP contribution is 2.42. The molecule has 2 rings (SSSR count). The summed E-state index contributed by atoms with van der Waals surface area (Å²) >= 11 is 0. The fourth-order valence-electron chi connectivity index (χ4n) is 2.94. The van der Waals surface area contributed by atoms with Crippen molar-refractivity contribution in [3.8, 4) is 0 Å². The van der Waals surface area contributed by atoms with Crippen LogP contribution in [0.15, 0.2) is 23.3 Å². The molecule has 104 valence electrons. The van der Waals surface area contributed by atoms with Crippen molar-refractivity contribution in [1.82, 2.24) is 0 Å². The summed E-state index contributed by atoms with van der Waals surface area (Å²) in [4.78, 5) is 23.1. The number of rotatable bonds is 4. The van der Waals surface area contributed by atoms with Crippen molar-refractivity contribution in [2.45, 2.75) is 59.3 Å². The molecule has 0 radical (unpaired) electrons. The van der Waals surface area contributed by atoms with Gasteiger partial charge >= 0.3 is 0 Å². The molecule has 0 aromatic rings. The topological polar surface area (TPSA) is 34.1 Å². The summed E-state index contributed by atoms with van der Waals surface area (Å²) in [5.41, 5.74) is 3.45. The molecule has 0 saturated heterocycles. The van der Waals surface area contributed by atoms with E-state index in [4.69, 9.17) is 0 Å². The lowest BCUT2D eigenvalue weighted by atomic mass is 9.81. The number of carbonyl (C=O) groups excluding carboxylic acids is 2. The number of hydrogen-bond acceptors (Lipinski definition) is 2. The lowest BCUT2D eigenvalue weighted by molar-refractivity contribution is -0.124. The van der Waals surface area contributed by atoms with Crippen LogP contribution in [0.1, 0.15) is 59.3 Å². The second kappa shape index (κ2) is 5.44. The van der Waals surface area contributed by atoms with Gasteiger partial charge in [-0.3, -0.25) is 9.59 Å². The zero-order valence-electron chi connectivity index (χ0n) is 12.3. The van der Waals surface area contributed by atoms with Crippen molar-refractivity contribution in [1.29, 1.82) is 0 Å². The Hall–Kier alpha value is -1.18. The molecule has 2 nitrogen and oxygen atoms in total. The molecular formula is C17H24O2. The van der Waals surface area contributed by atoms with Gasteiger partial charge in [-0.05, 0) is 49.7 Å². The first-order valence-electron chi connectivity index (χ1n) is 7.34. The standard InChI is InChI=1S/C17H24O2/c1-17(2,3)15(12-7-8-12)6-4-5-13-11-14(18)9-10-16(13)19/h9-10,13H,4-8,11H2,1-3H3. The van der Waals surface area contributed by atoms with E-state index in [2.05, 4.69) is 20.8 Å². The summed E-state index contributed by atoms with van der Waals surface area (Å²) in [5.74, 6) is 0.167. The highest BCUT2D eigenvalue weighted by Gasteiger charge is 2.27. The Morgan fingerprint density at radius 2 is 1.89 bits per heavy atom. The van der Waals surface area contributed by atoms with Gasteiger partial charge in [0.05, 0.1) is 0 Å². The van der Waals surface area contributed by atoms with E-state index < -0.39 is 0 Å². The molecule has 0 N–H and O–H groups in total. The molecule has 2 heteroatoms. The minimum absolute atomic E-state index is 0.0667. The fraction of sp³-hybridized carbons (Fsp3) is 0.647. The normalized spacial score (nSPS) is 22.9. The van der Waals surface area contributed by atoms with Gasteiger partial charge in [-0.25, -0.2) is 0 Å². The maximum atomic E-state index is 11.7. The van der Waals surface area contributed by atoms with Crippen LogP contribution in [0.5, 0.6) is 0 Å². The summed E-state index contributed by atoms with van der Waals surface area (Å²) in [6.07, 6.45) is 8.77. The Labute approximate surface area is 116 Å². The largest absolute Gasteiger partial charge is 0.295 e. The molecule has 1 fully saturated rings. The molecule has 19 heavy (non-hydrogen) atoms. The first kappa shape index (κ1) is 14.2. The number of allylic oxidation sites excluding steroid dienone is 4. The van der Waals surface area contributed by atoms with Gasteiger partial charge in [0.15, 0.2) is 11.6 Å². The second-order valence-electron chi connectivity index (χ2n) is 6.83. The maximum absolute atomic E-state index is 11.7. The van der Waals surface area contributed by atoms with Gasteiger partial charge in [-0.15, -0.1) is 0 Å². The van der Waals surface area contributed by atoms with Crippen LogP contribution in [0, 0.1) is 11.3 Å². The Morgan fingerprint density at radius 1 is 1.21 bits per heavy atom. The van der Waals surface area contributed by atoms with Crippen LogP contribution in [-0.2, 0) is 9.59 Å². The molecule has 0 aromatic carbocycles. The monoisotopic (exact) mass is 260 g/mol. The van der Waals surface area contributed by atoms with Gasteiger partial charge in [0.1, 0.15) is 0 Å². The zero-order chi connectivity index (χ0) is 14.0. The Morgan fingerprint density at radius 3 is 2.47 bits per heavy atom. The Bertz CT molecular complexity index is 440. The lowest BCUT2D eigenvalue weighted by Crippen LogP contribution is -2.20. The van der Waals surface area contributed by atoms with E-state index in [1.165, 1.54) is 25.0 Å². The number of carbonyl (C=O) groups is 2. The summed E-state index contributed by atoms with van der Waals surface area (Å²) in [6, 6.07) is 0. The third-order valence-corrected chi connectivity index (χ3v) is 4.09. The van der Waals surface area contributed by atoms with Crippen molar-refractivity contribution in [2.75, 3.05) is 0 Å². The smallest absolute Gasteiger partial charge is 0.159 e. The van der Waals surface area contributed by atoms with E-state index in [1.807, 2.05) is 0 Å². The second-order valence-corrected chi connectivity index (χ2v) is 6.83. The first-order chi connectivity index (χ1) is 8.88. The van der Waals surface area contributed by atoms with E-state index in [-0.39, 0.29) is 22.9 Å². The molecule has 0 heterocycles. The van der Waals surface area contributed by atoms with Crippen molar-refractivity contribution >= 4 is 11.6 Å². The zero-order valence-corrected chi connectivity index (χ0v) is 12.3. The van der Waals surface area contributed by atoms with E-state index in [0.717, 1.165) is 19.3 Å². The minimum Gasteiger partial charge on any atom is -0.295 e. The van der Waals surface area contributed by atoms with Crippen molar-refractivity contribution < 1.29 is 9.59 Å². The molecule has 0 aromatic heterocycles. The fourth-order valence-corrected chi connectivity index (χ4v) is 2.94. The van der Waals surface area contributed by atoms with Crippen LogP contribution in [0.3, 0.4) is 0 Å². The van der Waals surface area contributed by atoms with E-state index >= 15 is 0 Å². The SMILES string of the molecule is CC(C)(C)C(CCCC1CC(=O)C=CC1=O)=C1CC1. The third kappa shape index (κ3) is 3.89. The molecular weight excluding hydrogens is 236 g/mol. The van der Waals surface area contributed by atoms with Crippen LogP contribution in [-0.4, -0.2) is 11.6 Å². The van der Waals surface area contributed by atoms with Gasteiger partial charge < -0.3 is 0 Å². The van der Waals surface area contributed by atoms with E-state index in [9.17, 15) is 9.59 Å². The van der Waals surface area contributed by atoms with Gasteiger partial charge in [0.2, 0.25) is 0 Å². The van der Waals surface area contributed by atoms with Crippen LogP contribution >= 0.6 is 0 Å². The minimum atomic E-state index is -0.0667. The van der Waals surface area contributed by atoms with Crippen molar-refractivity contribution in [2.24, 2.45) is 11.3 Å². The van der Waals surface area contributed by atoms with Gasteiger partial charge in [0, 0.05) is 12.3 Å². The van der Waals surface area contributed by atoms with Crippen molar-refractivity contribution in [3.05, 3.63) is 23.3 Å². The predicted octanol–water partition coefficient (Wildman–Crippen LogP) is 4.01. The molecule has 1 saturated carbocycles. The van der Waals surface area contributed by atoms with Gasteiger partial charge in [-0.1, -0.05) is 31.9 Å². The molecule has 1 unspecified atom stereocenters. The predicted molar refractivity (Wildman–Crippen MR) is 76.8 cm³/mol. The van der Waals surface area contributed by atoms with E-state index in [0.29, 0.717) is 6.42 Å². The summed E-state index contributed by atoms with van der Waals surface area (Å²) in [6.45, 7) is 6.81. The van der Waals surface area contributed by atoms with Crippen LogP contribution in [0.25, 0.3) is 0 Å². The van der Waals surface area contributed by atoms with Gasteiger partial charge in [-0.2, -0.15) is 0 Å². The Kier molecular flexibility index (Phi) is 4.07. The Balaban J connectivity index is 1.87. The molecule has 1 atom stereocenters. The molecule has 2 aliphatic rings. The van der Waals surface area contributed by atoms with Crippen LogP contribution < -0.4 is 0 Å². The maximum Gasteiger partial charge on any atom is 0.159 e. The average Bonchev–Trinajstić information content (AvgIpc) is 3.11. The molecule has 0 amide bonds. The molecule has 2 aliphatic carbocycles. The average molecular weight is 260 g/mol. The lowest BCUT2D eigenvalue weighted by Gasteiger charge is -2.24. The first-order valence-corrected chi connectivity index (χ1v) is 7.34.